The van der Waals surface area contributed by atoms with Crippen molar-refractivity contribution in [1.29, 1.82) is 0 Å². The molecule has 5 rings (SSSR count). The van der Waals surface area contributed by atoms with E-state index in [2.05, 4.69) is 9.72 Å². The van der Waals surface area contributed by atoms with E-state index in [1.807, 2.05) is 0 Å². The highest BCUT2D eigenvalue weighted by atomic mass is 19.2. The van der Waals surface area contributed by atoms with Crippen molar-refractivity contribution in [3.8, 4) is 5.69 Å². The van der Waals surface area contributed by atoms with Crippen LogP contribution < -0.4 is 16.0 Å². The number of nitrogens with zero attached hydrogens (tertiary/aromatic N) is 3. The minimum absolute atomic E-state index is 0.00926. The van der Waals surface area contributed by atoms with E-state index in [0.717, 1.165) is 66.7 Å². The van der Waals surface area contributed by atoms with Crippen LogP contribution >= 0.6 is 0 Å². The van der Waals surface area contributed by atoms with Crippen LogP contribution in [0.25, 0.3) is 16.7 Å². The second kappa shape index (κ2) is 13.8. The molecular formula is C30H18F6N4O7. The van der Waals surface area contributed by atoms with E-state index in [4.69, 9.17) is 0 Å². The fourth-order valence-corrected chi connectivity index (χ4v) is 4.26. The van der Waals surface area contributed by atoms with Gasteiger partial charge < -0.3 is 9.72 Å². The molecule has 0 fully saturated rings. The Kier molecular flexibility index (Phi) is 9.87. The van der Waals surface area contributed by atoms with E-state index in [-0.39, 0.29) is 22.5 Å². The summed E-state index contributed by atoms with van der Waals surface area (Å²) in [6.07, 6.45) is 0. The molecule has 5 aromatic rings. The van der Waals surface area contributed by atoms with Crippen LogP contribution in [-0.4, -0.2) is 33.0 Å². The Morgan fingerprint density at radius 1 is 0.851 bits per heavy atom. The molecule has 11 nitrogen and oxygen atoms in total. The summed E-state index contributed by atoms with van der Waals surface area (Å²) in [5.74, 6) is -9.28. The number of aromatic amines is 1. The highest BCUT2D eigenvalue weighted by molar-refractivity contribution is 6.40. The first-order valence-corrected chi connectivity index (χ1v) is 13.0. The van der Waals surface area contributed by atoms with Crippen molar-refractivity contribution >= 4 is 40.0 Å². The molecule has 0 aliphatic heterocycles. The molecule has 0 aliphatic rings. The number of benzene rings is 4. The van der Waals surface area contributed by atoms with Gasteiger partial charge in [0.1, 0.15) is 52.0 Å². The van der Waals surface area contributed by atoms with Crippen molar-refractivity contribution in [2.75, 3.05) is 11.5 Å². The summed E-state index contributed by atoms with van der Waals surface area (Å²) in [5, 5.41) is 11.2. The van der Waals surface area contributed by atoms with Crippen molar-refractivity contribution in [3.63, 3.8) is 0 Å². The zero-order valence-electron chi connectivity index (χ0n) is 23.6. The normalized spacial score (nSPS) is 10.6. The van der Waals surface area contributed by atoms with Crippen LogP contribution in [0.5, 0.6) is 0 Å². The summed E-state index contributed by atoms with van der Waals surface area (Å²) >= 11 is 0. The maximum Gasteiger partial charge on any atom is 0.397 e. The average molecular weight is 660 g/mol. The maximum absolute atomic E-state index is 14.2. The number of hydrogen-bond acceptors (Lipinski definition) is 7. The predicted molar refractivity (Wildman–Crippen MR) is 153 cm³/mol. The molecule has 242 valence electrons. The summed E-state index contributed by atoms with van der Waals surface area (Å²) in [7, 11) is 0. The van der Waals surface area contributed by atoms with Crippen LogP contribution in [0.15, 0.2) is 82.4 Å². The quantitative estimate of drug-likeness (QED) is 0.0882. The third-order valence-electron chi connectivity index (χ3n) is 6.20. The number of halogens is 6. The Balaban J connectivity index is 0.000000217. The topological polar surface area (TPSA) is 145 Å². The number of nitro benzene ring substituents is 1. The molecule has 17 heteroatoms. The van der Waals surface area contributed by atoms with E-state index < -0.39 is 85.6 Å². The maximum atomic E-state index is 14.2. The molecule has 0 spiro atoms. The highest BCUT2D eigenvalue weighted by Crippen LogP contribution is 2.37. The third-order valence-corrected chi connectivity index (χ3v) is 6.20. The minimum atomic E-state index is -1.58. The number of H-pyrrole nitrogens is 1. The SMILES string of the molecule is CCOC(=O)C(=O)N(c1ccc(F)cc1[N+](=O)[O-])c1c(F)cccc1F.O=c1[nH]c2cc(F)ccc2n(-c2c(F)cccc2F)c1=O. The number of esters is 1. The molecule has 0 aliphatic carbocycles. The molecule has 0 saturated carbocycles. The molecule has 0 bridgehead atoms. The molecule has 4 aromatic carbocycles. The smallest absolute Gasteiger partial charge is 0.397 e. The fraction of sp³-hybridized carbons (Fsp3) is 0.0667. The average Bonchev–Trinajstić information content (AvgIpc) is 3.01. The Labute approximate surface area is 258 Å². The van der Waals surface area contributed by atoms with Gasteiger partial charge in [0.15, 0.2) is 0 Å². The fourth-order valence-electron chi connectivity index (χ4n) is 4.26. The number of carbonyl (C=O) groups is 2. The number of ether oxygens (including phenoxy) is 1. The zero-order valence-corrected chi connectivity index (χ0v) is 23.6. The lowest BCUT2D eigenvalue weighted by Gasteiger charge is -2.22. The molecule has 1 N–H and O–H groups in total. The number of amides is 1. The van der Waals surface area contributed by atoms with E-state index in [1.54, 1.807) is 0 Å². The summed E-state index contributed by atoms with van der Waals surface area (Å²) < 4.78 is 87.8. The summed E-state index contributed by atoms with van der Waals surface area (Å²) in [5.41, 5.74) is -5.67. The molecule has 0 saturated heterocycles. The number of para-hydroxylation sites is 2. The van der Waals surface area contributed by atoms with Gasteiger partial charge >= 0.3 is 23.0 Å². The first-order valence-electron chi connectivity index (χ1n) is 13.0. The van der Waals surface area contributed by atoms with Crippen LogP contribution in [0.4, 0.5) is 43.4 Å². The molecule has 0 radical (unpaired) electrons. The molecule has 1 aromatic heterocycles. The van der Waals surface area contributed by atoms with Gasteiger partial charge in [-0.1, -0.05) is 12.1 Å². The van der Waals surface area contributed by atoms with Crippen LogP contribution in [0.1, 0.15) is 6.92 Å². The Hall–Kier alpha value is -6.26. The molecule has 1 heterocycles. The molecule has 47 heavy (non-hydrogen) atoms. The van der Waals surface area contributed by atoms with E-state index in [1.165, 1.54) is 6.92 Å². The van der Waals surface area contributed by atoms with Gasteiger partial charge in [-0.15, -0.1) is 0 Å². The molecule has 1 amide bonds. The van der Waals surface area contributed by atoms with Crippen molar-refractivity contribution in [2.45, 2.75) is 6.92 Å². The number of fused-ring (bicyclic) bond motifs is 1. The van der Waals surface area contributed by atoms with Crippen molar-refractivity contribution in [3.05, 3.63) is 139 Å². The summed E-state index contributed by atoms with van der Waals surface area (Å²) in [4.78, 5) is 60.2. The largest absolute Gasteiger partial charge is 0.459 e. The van der Waals surface area contributed by atoms with Gasteiger partial charge in [0.05, 0.1) is 28.6 Å². The van der Waals surface area contributed by atoms with E-state index in [0.29, 0.717) is 10.6 Å². The lowest BCUT2D eigenvalue weighted by Crippen LogP contribution is -2.36. The monoisotopic (exact) mass is 660 g/mol. The molecule has 0 unspecified atom stereocenters. The number of rotatable bonds is 5. The Bertz CT molecular complexity index is 2130. The third kappa shape index (κ3) is 6.87. The van der Waals surface area contributed by atoms with Crippen LogP contribution in [0.2, 0.25) is 0 Å². The summed E-state index contributed by atoms with van der Waals surface area (Å²) in [6.45, 7) is 1.17. The number of nitrogens with one attached hydrogen (secondary N) is 1. The number of hydrogen-bond donors (Lipinski definition) is 1. The van der Waals surface area contributed by atoms with Gasteiger partial charge in [-0.05, 0) is 61.5 Å². The standard InChI is InChI=1S/C16H11F3N2O5.C14H7F3N2O2/c1-2-26-16(23)15(22)20(14-10(18)4-3-5-11(14)19)12-7-6-9(17)8-13(12)21(24)25;15-7-4-5-11-10(6-7)18-13(20)14(21)19(11)12-8(16)2-1-3-9(12)17/h3-8H,2H2,1H3;1-6H,(H,18,20). The van der Waals surface area contributed by atoms with Crippen LogP contribution in [-0.2, 0) is 14.3 Å². The number of carbonyl (C=O) groups excluding carboxylic acids is 2. The first kappa shape index (κ1) is 33.6. The van der Waals surface area contributed by atoms with Crippen molar-refractivity contribution in [1.82, 2.24) is 9.55 Å². The highest BCUT2D eigenvalue weighted by Gasteiger charge is 2.35. The second-order valence-corrected chi connectivity index (χ2v) is 9.15. The first-order chi connectivity index (χ1) is 22.3. The lowest BCUT2D eigenvalue weighted by atomic mass is 10.2. The zero-order chi connectivity index (χ0) is 34.6. The minimum Gasteiger partial charge on any atom is -0.459 e. The van der Waals surface area contributed by atoms with Gasteiger partial charge in [-0.2, -0.15) is 0 Å². The van der Waals surface area contributed by atoms with E-state index >= 15 is 0 Å². The van der Waals surface area contributed by atoms with Gasteiger partial charge in [0.25, 0.3) is 5.69 Å². The molecular weight excluding hydrogens is 642 g/mol. The van der Waals surface area contributed by atoms with Gasteiger partial charge in [-0.25, -0.2) is 31.1 Å². The Morgan fingerprint density at radius 2 is 1.40 bits per heavy atom. The lowest BCUT2D eigenvalue weighted by molar-refractivity contribution is -0.384. The second-order valence-electron chi connectivity index (χ2n) is 9.15. The summed E-state index contributed by atoms with van der Waals surface area (Å²) in [6, 6.07) is 10.7. The Morgan fingerprint density at radius 3 is 1.98 bits per heavy atom. The number of aromatic nitrogens is 2. The van der Waals surface area contributed by atoms with Gasteiger partial charge in [-0.3, -0.25) is 34.0 Å². The van der Waals surface area contributed by atoms with Gasteiger partial charge in [0, 0.05) is 0 Å². The van der Waals surface area contributed by atoms with Crippen LogP contribution in [0, 0.1) is 45.0 Å². The van der Waals surface area contributed by atoms with Crippen molar-refractivity contribution < 1.29 is 45.6 Å². The van der Waals surface area contributed by atoms with Gasteiger partial charge in [0.2, 0.25) is 0 Å². The van der Waals surface area contributed by atoms with E-state index in [9.17, 15) is 55.6 Å². The molecule has 0 atom stereocenters. The predicted octanol–water partition coefficient (Wildman–Crippen LogP) is 5.34. The number of nitro groups is 1. The van der Waals surface area contributed by atoms with Crippen molar-refractivity contribution in [2.24, 2.45) is 0 Å². The number of anilines is 2. The van der Waals surface area contributed by atoms with Crippen LogP contribution in [0.3, 0.4) is 0 Å².